The van der Waals surface area contributed by atoms with Crippen molar-refractivity contribution in [3.63, 3.8) is 0 Å². The van der Waals surface area contributed by atoms with Crippen LogP contribution >= 0.6 is 15.9 Å². The van der Waals surface area contributed by atoms with E-state index in [4.69, 9.17) is 10.5 Å². The van der Waals surface area contributed by atoms with Gasteiger partial charge in [-0.15, -0.1) is 0 Å². The molecule has 0 spiro atoms. The van der Waals surface area contributed by atoms with Crippen LogP contribution in [0, 0.1) is 0 Å². The summed E-state index contributed by atoms with van der Waals surface area (Å²) < 4.78 is 6.24. The van der Waals surface area contributed by atoms with Crippen LogP contribution in [0.2, 0.25) is 0 Å². The summed E-state index contributed by atoms with van der Waals surface area (Å²) in [5.74, 6) is 0.000582. The van der Waals surface area contributed by atoms with Gasteiger partial charge in [0.25, 0.3) is 0 Å². The molecule has 5 heteroatoms. The number of hydrogen-bond acceptors (Lipinski definition) is 3. The minimum atomic E-state index is -0.200. The minimum Gasteiger partial charge on any atom is -0.380 e. The predicted octanol–water partition coefficient (Wildman–Crippen LogP) is 1.96. The Morgan fingerprint density at radius 3 is 2.75 bits per heavy atom. The molecule has 1 aromatic rings. The number of hydrogen-bond donors (Lipinski definition) is 2. The van der Waals surface area contributed by atoms with Gasteiger partial charge in [-0.25, -0.2) is 0 Å². The van der Waals surface area contributed by atoms with Gasteiger partial charge in [0.05, 0.1) is 12.5 Å². The fourth-order valence-electron chi connectivity index (χ4n) is 2.39. The zero-order valence-corrected chi connectivity index (χ0v) is 13.3. The SMILES string of the molecule is COC(CN)CC(=O)NCC1(c2ccccc2Br)CC1. The highest BCUT2D eigenvalue weighted by Gasteiger charge is 2.45. The molecular weight excluding hydrogens is 320 g/mol. The van der Waals surface area contributed by atoms with Gasteiger partial charge in [0.1, 0.15) is 0 Å². The number of rotatable bonds is 7. The Morgan fingerprint density at radius 2 is 2.20 bits per heavy atom. The van der Waals surface area contributed by atoms with E-state index in [0.29, 0.717) is 19.5 Å². The van der Waals surface area contributed by atoms with Crippen molar-refractivity contribution in [3.05, 3.63) is 34.3 Å². The van der Waals surface area contributed by atoms with E-state index < -0.39 is 0 Å². The van der Waals surface area contributed by atoms with Gasteiger partial charge in [-0.1, -0.05) is 34.1 Å². The molecule has 0 saturated heterocycles. The Labute approximate surface area is 128 Å². The van der Waals surface area contributed by atoms with E-state index in [1.807, 2.05) is 18.2 Å². The average molecular weight is 341 g/mol. The third-order valence-electron chi connectivity index (χ3n) is 3.93. The van der Waals surface area contributed by atoms with Gasteiger partial charge in [-0.05, 0) is 24.5 Å². The van der Waals surface area contributed by atoms with Gasteiger partial charge in [-0.3, -0.25) is 4.79 Å². The van der Waals surface area contributed by atoms with Gasteiger partial charge >= 0.3 is 0 Å². The maximum Gasteiger partial charge on any atom is 0.222 e. The molecule has 1 saturated carbocycles. The first-order valence-corrected chi connectivity index (χ1v) is 7.65. The summed E-state index contributed by atoms with van der Waals surface area (Å²) in [6, 6.07) is 8.22. The van der Waals surface area contributed by atoms with Crippen LogP contribution in [0.15, 0.2) is 28.7 Å². The lowest BCUT2D eigenvalue weighted by Gasteiger charge is -2.19. The Kier molecular flexibility index (Phi) is 5.18. The smallest absolute Gasteiger partial charge is 0.222 e. The highest BCUT2D eigenvalue weighted by Crippen LogP contribution is 2.49. The topological polar surface area (TPSA) is 64.3 Å². The first-order valence-electron chi connectivity index (χ1n) is 6.86. The number of benzene rings is 1. The standard InChI is InChI=1S/C15H21BrN2O2/c1-20-11(9-17)8-14(19)18-10-15(6-7-15)12-4-2-3-5-13(12)16/h2-5,11H,6-10,17H2,1H3,(H,18,19). The van der Waals surface area contributed by atoms with E-state index in [1.165, 1.54) is 5.56 Å². The number of halogens is 1. The molecule has 2 rings (SSSR count). The lowest BCUT2D eigenvalue weighted by atomic mass is 9.96. The fourth-order valence-corrected chi connectivity index (χ4v) is 3.10. The number of nitrogens with one attached hydrogen (secondary N) is 1. The average Bonchev–Trinajstić information content (AvgIpc) is 3.24. The number of nitrogens with two attached hydrogens (primary N) is 1. The summed E-state index contributed by atoms with van der Waals surface area (Å²) in [6.45, 7) is 1.04. The van der Waals surface area contributed by atoms with E-state index in [9.17, 15) is 4.79 Å². The van der Waals surface area contributed by atoms with Crippen molar-refractivity contribution >= 4 is 21.8 Å². The lowest BCUT2D eigenvalue weighted by molar-refractivity contribution is -0.123. The maximum atomic E-state index is 11.9. The second kappa shape index (κ2) is 6.70. The molecule has 4 nitrogen and oxygen atoms in total. The summed E-state index contributed by atoms with van der Waals surface area (Å²) in [6.07, 6.45) is 2.34. The summed E-state index contributed by atoms with van der Waals surface area (Å²) in [5, 5.41) is 3.01. The Hall–Kier alpha value is -0.910. The molecule has 20 heavy (non-hydrogen) atoms. The molecule has 1 fully saturated rings. The van der Waals surface area contributed by atoms with Crippen molar-refractivity contribution in [2.24, 2.45) is 5.73 Å². The highest BCUT2D eigenvalue weighted by atomic mass is 79.9. The van der Waals surface area contributed by atoms with Gasteiger partial charge in [0.15, 0.2) is 0 Å². The number of amides is 1. The number of ether oxygens (including phenoxy) is 1. The van der Waals surface area contributed by atoms with E-state index in [0.717, 1.165) is 17.3 Å². The normalized spacial score (nSPS) is 17.6. The van der Waals surface area contributed by atoms with Gasteiger partial charge in [0, 0.05) is 30.1 Å². The Bertz CT molecular complexity index is 471. The van der Waals surface area contributed by atoms with Crippen molar-refractivity contribution in [2.75, 3.05) is 20.2 Å². The van der Waals surface area contributed by atoms with Gasteiger partial charge < -0.3 is 15.8 Å². The molecule has 0 bridgehead atoms. The second-order valence-corrected chi connectivity index (χ2v) is 6.19. The zero-order chi connectivity index (χ0) is 14.6. The Balaban J connectivity index is 1.91. The lowest BCUT2D eigenvalue weighted by Crippen LogP contribution is -2.36. The van der Waals surface area contributed by atoms with Crippen molar-refractivity contribution in [3.8, 4) is 0 Å². The van der Waals surface area contributed by atoms with Crippen molar-refractivity contribution < 1.29 is 9.53 Å². The molecule has 0 aliphatic heterocycles. The highest BCUT2D eigenvalue weighted by molar-refractivity contribution is 9.10. The quantitative estimate of drug-likeness (QED) is 0.797. The van der Waals surface area contributed by atoms with Crippen LogP contribution in [0.25, 0.3) is 0 Å². The number of carbonyl (C=O) groups excluding carboxylic acids is 1. The van der Waals surface area contributed by atoms with E-state index in [2.05, 4.69) is 27.3 Å². The summed E-state index contributed by atoms with van der Waals surface area (Å²) in [5.41, 5.74) is 6.90. The maximum absolute atomic E-state index is 11.9. The fraction of sp³-hybridized carbons (Fsp3) is 0.533. The van der Waals surface area contributed by atoms with E-state index in [-0.39, 0.29) is 17.4 Å². The van der Waals surface area contributed by atoms with Crippen LogP contribution in [0.4, 0.5) is 0 Å². The van der Waals surface area contributed by atoms with E-state index >= 15 is 0 Å². The minimum absolute atomic E-state index is 0.000582. The third kappa shape index (κ3) is 3.59. The first-order chi connectivity index (χ1) is 9.61. The molecule has 1 amide bonds. The molecule has 110 valence electrons. The molecular formula is C15H21BrN2O2. The molecule has 1 aromatic carbocycles. The first kappa shape index (κ1) is 15.5. The summed E-state index contributed by atoms with van der Waals surface area (Å²) in [7, 11) is 1.58. The summed E-state index contributed by atoms with van der Waals surface area (Å²) >= 11 is 3.59. The van der Waals surface area contributed by atoms with Crippen LogP contribution in [0.5, 0.6) is 0 Å². The zero-order valence-electron chi connectivity index (χ0n) is 11.7. The van der Waals surface area contributed by atoms with Crippen LogP contribution in [0.3, 0.4) is 0 Å². The van der Waals surface area contributed by atoms with Crippen molar-refractivity contribution in [1.29, 1.82) is 0 Å². The van der Waals surface area contributed by atoms with Crippen LogP contribution < -0.4 is 11.1 Å². The molecule has 1 aliphatic rings. The molecule has 0 aromatic heterocycles. The second-order valence-electron chi connectivity index (χ2n) is 5.33. The van der Waals surface area contributed by atoms with Crippen LogP contribution in [0.1, 0.15) is 24.8 Å². The van der Waals surface area contributed by atoms with Crippen molar-refractivity contribution in [1.82, 2.24) is 5.32 Å². The molecule has 1 unspecified atom stereocenters. The van der Waals surface area contributed by atoms with Gasteiger partial charge in [0.2, 0.25) is 5.91 Å². The van der Waals surface area contributed by atoms with Crippen LogP contribution in [-0.2, 0) is 14.9 Å². The molecule has 1 atom stereocenters. The molecule has 1 aliphatic carbocycles. The van der Waals surface area contributed by atoms with Crippen LogP contribution in [-0.4, -0.2) is 32.2 Å². The third-order valence-corrected chi connectivity index (χ3v) is 4.62. The predicted molar refractivity (Wildman–Crippen MR) is 82.5 cm³/mol. The molecule has 0 heterocycles. The van der Waals surface area contributed by atoms with E-state index in [1.54, 1.807) is 7.11 Å². The molecule has 3 N–H and O–H groups in total. The summed E-state index contributed by atoms with van der Waals surface area (Å²) in [4.78, 5) is 11.9. The molecule has 0 radical (unpaired) electrons. The number of carbonyl (C=O) groups is 1. The largest absolute Gasteiger partial charge is 0.380 e. The van der Waals surface area contributed by atoms with Gasteiger partial charge in [-0.2, -0.15) is 0 Å². The van der Waals surface area contributed by atoms with Crippen molar-refractivity contribution in [2.45, 2.75) is 30.8 Å². The number of methoxy groups -OCH3 is 1. The Morgan fingerprint density at radius 1 is 1.50 bits per heavy atom. The monoisotopic (exact) mass is 340 g/mol.